The van der Waals surface area contributed by atoms with E-state index in [2.05, 4.69) is 38.8 Å². The zero-order valence-corrected chi connectivity index (χ0v) is 17.0. The summed E-state index contributed by atoms with van der Waals surface area (Å²) in [7, 11) is 1.67. The standard InChI is InChI=1S/C22H25ClN4O/c1-16-14-21(24-12-11-18-4-3-5-19(23)15-18)27-22(26-16)25-13-10-17-6-8-20(28-2)9-7-17/h3-9,14-15H,10-13H2,1-2H3,(H2,24,25,26,27). The number of nitrogens with one attached hydrogen (secondary N) is 2. The van der Waals surface area contributed by atoms with Crippen LogP contribution >= 0.6 is 11.6 Å². The van der Waals surface area contributed by atoms with Crippen molar-refractivity contribution < 1.29 is 4.74 Å². The molecule has 0 aliphatic rings. The van der Waals surface area contributed by atoms with Gasteiger partial charge in [0.25, 0.3) is 0 Å². The summed E-state index contributed by atoms with van der Waals surface area (Å²) in [6.45, 7) is 3.51. The molecule has 0 saturated heterocycles. The van der Waals surface area contributed by atoms with Crippen LogP contribution in [0.5, 0.6) is 5.75 Å². The Hall–Kier alpha value is -2.79. The first-order valence-electron chi connectivity index (χ1n) is 9.33. The lowest BCUT2D eigenvalue weighted by atomic mass is 10.1. The van der Waals surface area contributed by atoms with Gasteiger partial charge >= 0.3 is 0 Å². The van der Waals surface area contributed by atoms with Crippen LogP contribution in [0.15, 0.2) is 54.6 Å². The van der Waals surface area contributed by atoms with Gasteiger partial charge in [-0.2, -0.15) is 4.98 Å². The highest BCUT2D eigenvalue weighted by atomic mass is 35.5. The Balaban J connectivity index is 1.50. The summed E-state index contributed by atoms with van der Waals surface area (Å²) >= 11 is 6.03. The van der Waals surface area contributed by atoms with Gasteiger partial charge in [0.15, 0.2) is 0 Å². The summed E-state index contributed by atoms with van der Waals surface area (Å²) in [5.41, 5.74) is 3.36. The molecule has 146 valence electrons. The molecule has 0 saturated carbocycles. The van der Waals surface area contributed by atoms with Gasteiger partial charge in [-0.1, -0.05) is 35.9 Å². The van der Waals surface area contributed by atoms with Crippen LogP contribution in [-0.4, -0.2) is 30.2 Å². The minimum atomic E-state index is 0.638. The molecule has 0 amide bonds. The molecule has 0 unspecified atom stereocenters. The Labute approximate surface area is 171 Å². The van der Waals surface area contributed by atoms with Gasteiger partial charge in [0.1, 0.15) is 11.6 Å². The number of rotatable bonds is 9. The maximum atomic E-state index is 6.03. The van der Waals surface area contributed by atoms with Crippen LogP contribution in [0.1, 0.15) is 16.8 Å². The molecule has 5 nitrogen and oxygen atoms in total. The van der Waals surface area contributed by atoms with E-state index in [1.807, 2.05) is 43.3 Å². The average Bonchev–Trinajstić information content (AvgIpc) is 2.68. The van der Waals surface area contributed by atoms with E-state index in [4.69, 9.17) is 16.3 Å². The predicted octanol–water partition coefficient (Wildman–Crippen LogP) is 4.76. The lowest BCUT2D eigenvalue weighted by Gasteiger charge is -2.10. The van der Waals surface area contributed by atoms with Crippen molar-refractivity contribution in [3.63, 3.8) is 0 Å². The minimum Gasteiger partial charge on any atom is -0.497 e. The molecule has 28 heavy (non-hydrogen) atoms. The minimum absolute atomic E-state index is 0.638. The van der Waals surface area contributed by atoms with Gasteiger partial charge < -0.3 is 15.4 Å². The number of methoxy groups -OCH3 is 1. The number of halogens is 1. The molecule has 0 atom stereocenters. The van der Waals surface area contributed by atoms with Gasteiger partial charge in [0.05, 0.1) is 7.11 Å². The topological polar surface area (TPSA) is 59.1 Å². The Morgan fingerprint density at radius 1 is 0.893 bits per heavy atom. The van der Waals surface area contributed by atoms with Crippen molar-refractivity contribution in [2.45, 2.75) is 19.8 Å². The van der Waals surface area contributed by atoms with Crippen molar-refractivity contribution in [1.82, 2.24) is 9.97 Å². The summed E-state index contributed by atoms with van der Waals surface area (Å²) < 4.78 is 5.19. The smallest absolute Gasteiger partial charge is 0.224 e. The van der Waals surface area contributed by atoms with Crippen LogP contribution in [0.4, 0.5) is 11.8 Å². The zero-order chi connectivity index (χ0) is 19.8. The maximum Gasteiger partial charge on any atom is 0.224 e. The third kappa shape index (κ3) is 6.13. The fourth-order valence-electron chi connectivity index (χ4n) is 2.88. The number of benzene rings is 2. The number of hydrogen-bond acceptors (Lipinski definition) is 5. The number of aryl methyl sites for hydroxylation is 1. The monoisotopic (exact) mass is 396 g/mol. The first-order valence-corrected chi connectivity index (χ1v) is 9.71. The van der Waals surface area contributed by atoms with E-state index in [1.54, 1.807) is 7.11 Å². The van der Waals surface area contributed by atoms with E-state index in [-0.39, 0.29) is 0 Å². The Morgan fingerprint density at radius 3 is 2.39 bits per heavy atom. The highest BCUT2D eigenvalue weighted by Gasteiger charge is 2.03. The third-order valence-corrected chi connectivity index (χ3v) is 4.55. The van der Waals surface area contributed by atoms with Gasteiger partial charge in [0.2, 0.25) is 5.95 Å². The molecule has 0 aliphatic heterocycles. The molecule has 0 bridgehead atoms. The molecular weight excluding hydrogens is 372 g/mol. The molecule has 0 aliphatic carbocycles. The Kier molecular flexibility index (Phi) is 7.09. The van der Waals surface area contributed by atoms with Crippen molar-refractivity contribution in [3.05, 3.63) is 76.4 Å². The van der Waals surface area contributed by atoms with Crippen molar-refractivity contribution in [2.24, 2.45) is 0 Å². The number of ether oxygens (including phenoxy) is 1. The van der Waals surface area contributed by atoms with Gasteiger partial charge in [-0.25, -0.2) is 4.98 Å². The molecule has 0 fully saturated rings. The van der Waals surface area contributed by atoms with Crippen LogP contribution in [0.3, 0.4) is 0 Å². The Bertz CT molecular complexity index is 899. The normalized spacial score (nSPS) is 10.5. The number of nitrogens with zero attached hydrogens (tertiary/aromatic N) is 2. The lowest BCUT2D eigenvalue weighted by Crippen LogP contribution is -2.12. The largest absolute Gasteiger partial charge is 0.497 e. The van der Waals surface area contributed by atoms with Gasteiger partial charge in [0, 0.05) is 29.9 Å². The van der Waals surface area contributed by atoms with Crippen LogP contribution in [0, 0.1) is 6.92 Å². The summed E-state index contributed by atoms with van der Waals surface area (Å²) in [6.07, 6.45) is 1.77. The van der Waals surface area contributed by atoms with E-state index < -0.39 is 0 Å². The SMILES string of the molecule is COc1ccc(CCNc2nc(C)cc(NCCc3cccc(Cl)c3)n2)cc1. The molecule has 6 heteroatoms. The quantitative estimate of drug-likeness (QED) is 0.546. The molecule has 2 aromatic carbocycles. The highest BCUT2D eigenvalue weighted by molar-refractivity contribution is 6.30. The van der Waals surface area contributed by atoms with Crippen LogP contribution in [0.2, 0.25) is 5.02 Å². The van der Waals surface area contributed by atoms with E-state index in [0.717, 1.165) is 48.2 Å². The summed E-state index contributed by atoms with van der Waals surface area (Å²) in [5.74, 6) is 2.33. The molecule has 0 radical (unpaired) electrons. The summed E-state index contributed by atoms with van der Waals surface area (Å²) in [5, 5.41) is 7.44. The average molecular weight is 397 g/mol. The van der Waals surface area contributed by atoms with Gasteiger partial charge in [-0.15, -0.1) is 0 Å². The molecule has 2 N–H and O–H groups in total. The number of aromatic nitrogens is 2. The predicted molar refractivity (Wildman–Crippen MR) is 116 cm³/mol. The third-order valence-electron chi connectivity index (χ3n) is 4.32. The molecule has 0 spiro atoms. The van der Waals surface area contributed by atoms with E-state index >= 15 is 0 Å². The number of hydrogen-bond donors (Lipinski definition) is 2. The maximum absolute atomic E-state index is 6.03. The second-order valence-corrected chi connectivity index (χ2v) is 6.99. The van der Waals surface area contributed by atoms with Gasteiger partial charge in [-0.3, -0.25) is 0 Å². The molecule has 3 rings (SSSR count). The van der Waals surface area contributed by atoms with E-state index in [1.165, 1.54) is 11.1 Å². The second-order valence-electron chi connectivity index (χ2n) is 6.55. The van der Waals surface area contributed by atoms with E-state index in [9.17, 15) is 0 Å². The summed E-state index contributed by atoms with van der Waals surface area (Å²) in [6, 6.07) is 18.0. The van der Waals surface area contributed by atoms with Crippen molar-refractivity contribution >= 4 is 23.4 Å². The first kappa shape index (κ1) is 20.0. The van der Waals surface area contributed by atoms with Gasteiger partial charge in [-0.05, 0) is 55.2 Å². The molecule has 1 heterocycles. The molecule has 1 aromatic heterocycles. The van der Waals surface area contributed by atoms with Crippen molar-refractivity contribution in [1.29, 1.82) is 0 Å². The van der Waals surface area contributed by atoms with Crippen LogP contribution in [0.25, 0.3) is 0 Å². The molecule has 3 aromatic rings. The van der Waals surface area contributed by atoms with E-state index in [0.29, 0.717) is 5.95 Å². The fraction of sp³-hybridized carbons (Fsp3) is 0.273. The van der Waals surface area contributed by atoms with Crippen LogP contribution in [-0.2, 0) is 12.8 Å². The van der Waals surface area contributed by atoms with Crippen molar-refractivity contribution in [3.8, 4) is 5.75 Å². The fourth-order valence-corrected chi connectivity index (χ4v) is 3.09. The highest BCUT2D eigenvalue weighted by Crippen LogP contribution is 2.14. The van der Waals surface area contributed by atoms with Crippen molar-refractivity contribution in [2.75, 3.05) is 30.8 Å². The lowest BCUT2D eigenvalue weighted by molar-refractivity contribution is 0.414. The summed E-state index contributed by atoms with van der Waals surface area (Å²) in [4.78, 5) is 9.03. The first-order chi connectivity index (χ1) is 13.6. The molecular formula is C22H25ClN4O. The number of anilines is 2. The van der Waals surface area contributed by atoms with Crippen LogP contribution < -0.4 is 15.4 Å². The zero-order valence-electron chi connectivity index (χ0n) is 16.2. The Morgan fingerprint density at radius 2 is 1.64 bits per heavy atom. The second kappa shape index (κ2) is 9.95.